The van der Waals surface area contributed by atoms with Gasteiger partial charge in [-0.1, -0.05) is 41.6 Å². The summed E-state index contributed by atoms with van der Waals surface area (Å²) in [6, 6.07) is 12.9. The van der Waals surface area contributed by atoms with Gasteiger partial charge in [0.15, 0.2) is 0 Å². The smallest absolute Gasteiger partial charge is 0.406 e. The third kappa shape index (κ3) is 3.25. The molecule has 0 amide bonds. The average molecular weight is 306 g/mol. The first kappa shape index (κ1) is 14.1. The zero-order chi connectivity index (χ0) is 15.6. The molecule has 1 aromatic heterocycles. The highest BCUT2D eigenvalue weighted by atomic mass is 19.4. The number of ether oxygens (including phenoxy) is 1. The summed E-state index contributed by atoms with van der Waals surface area (Å²) in [5.41, 5.74) is 2.41. The summed E-state index contributed by atoms with van der Waals surface area (Å²) < 4.78 is 44.8. The Bertz CT molecular complexity index is 736. The first-order valence-electron chi connectivity index (χ1n) is 6.24. The fourth-order valence-corrected chi connectivity index (χ4v) is 1.96. The number of hydrogen-bond acceptors (Lipinski definition) is 4. The van der Waals surface area contributed by atoms with E-state index in [4.69, 9.17) is 0 Å². The molecule has 0 saturated carbocycles. The molecule has 0 fully saturated rings. The lowest BCUT2D eigenvalue weighted by Gasteiger charge is -2.09. The fourth-order valence-electron chi connectivity index (χ4n) is 1.96. The molecule has 0 aliphatic heterocycles. The molecule has 1 heterocycles. The molecule has 4 nitrogen and oxygen atoms in total. The van der Waals surface area contributed by atoms with Gasteiger partial charge < -0.3 is 9.26 Å². The van der Waals surface area contributed by atoms with Gasteiger partial charge in [-0.15, -0.1) is 13.2 Å². The number of rotatable bonds is 3. The van der Waals surface area contributed by atoms with Crippen molar-refractivity contribution in [2.24, 2.45) is 0 Å². The summed E-state index contributed by atoms with van der Waals surface area (Å²) in [5.74, 6) is 0.222. The third-order valence-electron chi connectivity index (χ3n) is 2.93. The van der Waals surface area contributed by atoms with E-state index in [1.54, 1.807) is 24.3 Å². The van der Waals surface area contributed by atoms with Gasteiger partial charge in [0.1, 0.15) is 5.75 Å². The van der Waals surface area contributed by atoms with Crippen LogP contribution >= 0.6 is 0 Å². The van der Waals surface area contributed by atoms with Crippen LogP contribution < -0.4 is 4.74 Å². The normalized spacial score (nSPS) is 11.4. The van der Waals surface area contributed by atoms with Crippen LogP contribution in [-0.2, 0) is 0 Å². The van der Waals surface area contributed by atoms with Crippen LogP contribution in [0.1, 0.15) is 0 Å². The van der Waals surface area contributed by atoms with Gasteiger partial charge in [0.25, 0.3) is 0 Å². The number of benzene rings is 2. The van der Waals surface area contributed by atoms with Crippen LogP contribution in [-0.4, -0.2) is 16.5 Å². The van der Waals surface area contributed by atoms with Gasteiger partial charge in [-0.25, -0.2) is 0 Å². The van der Waals surface area contributed by atoms with Crippen molar-refractivity contribution in [3.63, 3.8) is 0 Å². The van der Waals surface area contributed by atoms with Crippen molar-refractivity contribution in [2.75, 3.05) is 0 Å². The number of aromatic nitrogens is 2. The molecule has 7 heteroatoms. The maximum atomic E-state index is 12.1. The van der Waals surface area contributed by atoms with Crippen LogP contribution in [0.3, 0.4) is 0 Å². The molecular formula is C15H9F3N2O2. The Hall–Kier alpha value is -2.83. The molecule has 3 rings (SSSR count). The second kappa shape index (κ2) is 5.51. The van der Waals surface area contributed by atoms with Gasteiger partial charge in [-0.3, -0.25) is 0 Å². The predicted molar refractivity (Wildman–Crippen MR) is 71.9 cm³/mol. The van der Waals surface area contributed by atoms with Crippen LogP contribution in [0.5, 0.6) is 5.75 Å². The van der Waals surface area contributed by atoms with E-state index in [0.29, 0.717) is 5.82 Å². The van der Waals surface area contributed by atoms with Crippen molar-refractivity contribution in [2.45, 2.75) is 6.36 Å². The van der Waals surface area contributed by atoms with Crippen molar-refractivity contribution in [3.05, 3.63) is 54.9 Å². The first-order valence-corrected chi connectivity index (χ1v) is 6.24. The lowest BCUT2D eigenvalue weighted by atomic mass is 10.0. The highest BCUT2D eigenvalue weighted by molar-refractivity contribution is 5.68. The van der Waals surface area contributed by atoms with E-state index in [2.05, 4.69) is 19.4 Å². The minimum Gasteiger partial charge on any atom is -0.406 e. The molecule has 0 radical (unpaired) electrons. The monoisotopic (exact) mass is 306 g/mol. The van der Waals surface area contributed by atoms with Crippen molar-refractivity contribution >= 4 is 0 Å². The number of nitrogens with zero attached hydrogens (tertiary/aromatic N) is 2. The zero-order valence-electron chi connectivity index (χ0n) is 11.0. The Labute approximate surface area is 123 Å². The van der Waals surface area contributed by atoms with E-state index in [1.165, 1.54) is 18.5 Å². The van der Waals surface area contributed by atoms with Crippen LogP contribution in [0.25, 0.3) is 22.5 Å². The third-order valence-corrected chi connectivity index (χ3v) is 2.93. The van der Waals surface area contributed by atoms with E-state index in [9.17, 15) is 13.2 Å². The maximum absolute atomic E-state index is 12.1. The Kier molecular flexibility index (Phi) is 3.54. The van der Waals surface area contributed by atoms with Crippen LogP contribution in [0.4, 0.5) is 13.2 Å². The molecule has 0 atom stereocenters. The van der Waals surface area contributed by atoms with Crippen molar-refractivity contribution < 1.29 is 22.4 Å². The highest BCUT2D eigenvalue weighted by Crippen LogP contribution is 2.27. The molecule has 0 aliphatic carbocycles. The van der Waals surface area contributed by atoms with E-state index in [-0.39, 0.29) is 5.75 Å². The van der Waals surface area contributed by atoms with Gasteiger partial charge in [-0.05, 0) is 23.3 Å². The van der Waals surface area contributed by atoms with Gasteiger partial charge in [0.05, 0.1) is 0 Å². The van der Waals surface area contributed by atoms with Crippen LogP contribution in [0.15, 0.2) is 59.4 Å². The minimum atomic E-state index is -4.69. The molecule has 2 aromatic carbocycles. The molecule has 22 heavy (non-hydrogen) atoms. The highest BCUT2D eigenvalue weighted by Gasteiger charge is 2.30. The largest absolute Gasteiger partial charge is 0.573 e. The summed E-state index contributed by atoms with van der Waals surface area (Å²) in [7, 11) is 0. The Morgan fingerprint density at radius 3 is 1.86 bits per heavy atom. The summed E-state index contributed by atoms with van der Waals surface area (Å²) in [5, 5.41) is 3.73. The fraction of sp³-hybridized carbons (Fsp3) is 0.0667. The Morgan fingerprint density at radius 2 is 1.36 bits per heavy atom. The van der Waals surface area contributed by atoms with Crippen LogP contribution in [0.2, 0.25) is 0 Å². The molecule has 0 unspecified atom stereocenters. The topological polar surface area (TPSA) is 48.2 Å². The van der Waals surface area contributed by atoms with E-state index in [1.807, 2.05) is 12.1 Å². The molecule has 0 aliphatic rings. The first-order chi connectivity index (χ1) is 10.5. The summed E-state index contributed by atoms with van der Waals surface area (Å²) >= 11 is 0. The predicted octanol–water partition coefficient (Wildman–Crippen LogP) is 4.30. The minimum absolute atomic E-state index is 0.250. The van der Waals surface area contributed by atoms with Gasteiger partial charge in [-0.2, -0.15) is 4.98 Å². The number of alkyl halides is 3. The average Bonchev–Trinajstić information content (AvgIpc) is 3.01. The summed E-state index contributed by atoms with van der Waals surface area (Å²) in [6.07, 6.45) is -3.45. The molecule has 112 valence electrons. The van der Waals surface area contributed by atoms with Gasteiger partial charge >= 0.3 is 6.36 Å². The summed E-state index contributed by atoms with van der Waals surface area (Å²) in [4.78, 5) is 3.93. The number of halogens is 3. The molecule has 0 saturated heterocycles. The second-order valence-corrected chi connectivity index (χ2v) is 4.40. The standard InChI is InChI=1S/C15H9F3N2O2/c16-15(17,18)22-13-7-5-11(6-8-13)10-1-3-12(4-2-10)14-19-9-21-20-14/h1-9H. The van der Waals surface area contributed by atoms with E-state index < -0.39 is 6.36 Å². The van der Waals surface area contributed by atoms with Crippen molar-refractivity contribution in [3.8, 4) is 28.3 Å². The van der Waals surface area contributed by atoms with E-state index in [0.717, 1.165) is 16.7 Å². The molecule has 0 bridgehead atoms. The Balaban J connectivity index is 1.79. The van der Waals surface area contributed by atoms with Gasteiger partial charge in [0.2, 0.25) is 12.2 Å². The lowest BCUT2D eigenvalue weighted by Crippen LogP contribution is -2.16. The second-order valence-electron chi connectivity index (χ2n) is 4.40. The molecule has 0 spiro atoms. The molecule has 3 aromatic rings. The zero-order valence-corrected chi connectivity index (χ0v) is 11.0. The molecule has 0 N–H and O–H groups in total. The van der Waals surface area contributed by atoms with Crippen molar-refractivity contribution in [1.29, 1.82) is 0 Å². The maximum Gasteiger partial charge on any atom is 0.573 e. The van der Waals surface area contributed by atoms with E-state index >= 15 is 0 Å². The quantitative estimate of drug-likeness (QED) is 0.723. The number of hydrogen-bond donors (Lipinski definition) is 0. The Morgan fingerprint density at radius 1 is 0.818 bits per heavy atom. The summed E-state index contributed by atoms with van der Waals surface area (Å²) in [6.45, 7) is 0. The SMILES string of the molecule is FC(F)(F)Oc1ccc(-c2ccc(-c3ncon3)cc2)cc1. The lowest BCUT2D eigenvalue weighted by molar-refractivity contribution is -0.274. The van der Waals surface area contributed by atoms with Crippen LogP contribution in [0, 0.1) is 0 Å². The molecular weight excluding hydrogens is 297 g/mol. The van der Waals surface area contributed by atoms with Gasteiger partial charge in [0, 0.05) is 5.56 Å². The van der Waals surface area contributed by atoms with Crippen molar-refractivity contribution in [1.82, 2.24) is 10.1 Å².